The van der Waals surface area contributed by atoms with E-state index in [1.165, 1.54) is 0 Å². The number of rotatable bonds is 8. The summed E-state index contributed by atoms with van der Waals surface area (Å²) < 4.78 is 40.7. The molecule has 0 radical (unpaired) electrons. The first-order valence-corrected chi connectivity index (χ1v) is 13.2. The van der Waals surface area contributed by atoms with Crippen LogP contribution in [-0.2, 0) is 14.8 Å². The molecule has 1 N–H and O–H groups in total. The first kappa shape index (κ1) is 25.9. The number of benzene rings is 2. The van der Waals surface area contributed by atoms with Gasteiger partial charge in [0.05, 0.1) is 28.3 Å². The predicted octanol–water partition coefficient (Wildman–Crippen LogP) is 5.30. The van der Waals surface area contributed by atoms with Gasteiger partial charge >= 0.3 is 0 Å². The lowest BCUT2D eigenvalue weighted by Gasteiger charge is -2.28. The van der Waals surface area contributed by atoms with Gasteiger partial charge < -0.3 is 14.4 Å². The van der Waals surface area contributed by atoms with Gasteiger partial charge in [0.1, 0.15) is 18.1 Å². The summed E-state index contributed by atoms with van der Waals surface area (Å²) in [6.45, 7) is 14.8. The van der Waals surface area contributed by atoms with Gasteiger partial charge in [-0.05, 0) is 88.4 Å². The summed E-state index contributed by atoms with van der Waals surface area (Å²) in [5.41, 5.74) is 1.77. The van der Waals surface area contributed by atoms with Crippen LogP contribution in [0, 0.1) is 25.2 Å². The molecular formula is C26H36N2O5S. The van der Waals surface area contributed by atoms with Crippen molar-refractivity contribution in [3.05, 3.63) is 41.5 Å². The molecule has 1 amide bonds. The molecule has 0 aliphatic carbocycles. The summed E-state index contributed by atoms with van der Waals surface area (Å²) >= 11 is 0. The van der Waals surface area contributed by atoms with Crippen LogP contribution in [0.25, 0.3) is 0 Å². The molecule has 3 rings (SSSR count). The highest BCUT2D eigenvalue weighted by molar-refractivity contribution is 7.92. The number of fused-ring (bicyclic) bond motifs is 1. The van der Waals surface area contributed by atoms with Crippen LogP contribution in [0.4, 0.5) is 11.4 Å². The third-order valence-electron chi connectivity index (χ3n) is 5.88. The summed E-state index contributed by atoms with van der Waals surface area (Å²) in [4.78, 5) is 15.2. The van der Waals surface area contributed by atoms with Gasteiger partial charge in [-0.3, -0.25) is 9.52 Å². The van der Waals surface area contributed by atoms with Crippen molar-refractivity contribution in [2.24, 2.45) is 11.3 Å². The van der Waals surface area contributed by atoms with E-state index >= 15 is 0 Å². The number of sulfonamides is 1. The number of nitrogens with one attached hydrogen (secondary N) is 1. The van der Waals surface area contributed by atoms with Crippen molar-refractivity contribution in [1.82, 2.24) is 0 Å². The van der Waals surface area contributed by atoms with E-state index in [-0.39, 0.29) is 17.4 Å². The number of nitrogens with zero attached hydrogens (tertiary/aromatic N) is 1. The smallest absolute Gasteiger partial charge is 0.261 e. The Morgan fingerprint density at radius 3 is 2.38 bits per heavy atom. The van der Waals surface area contributed by atoms with Crippen LogP contribution in [0.15, 0.2) is 35.2 Å². The Labute approximate surface area is 203 Å². The van der Waals surface area contributed by atoms with Crippen molar-refractivity contribution in [3.8, 4) is 11.5 Å². The number of anilines is 2. The maximum absolute atomic E-state index is 13.3. The SMILES string of the molecule is CCOc1c(C)cc(S(=O)(=O)Nc2ccc3c(c2)N(CCC(C)C)C(=O)C(C)(C)CO3)cc1C. The first-order chi connectivity index (χ1) is 15.9. The van der Waals surface area contributed by atoms with Crippen LogP contribution in [0.1, 0.15) is 52.2 Å². The quantitative estimate of drug-likeness (QED) is 0.545. The molecule has 8 heteroatoms. The van der Waals surface area contributed by atoms with Gasteiger partial charge in [0.25, 0.3) is 10.0 Å². The van der Waals surface area contributed by atoms with Gasteiger partial charge in [-0.1, -0.05) is 13.8 Å². The molecule has 34 heavy (non-hydrogen) atoms. The van der Waals surface area contributed by atoms with Crippen molar-refractivity contribution in [2.75, 3.05) is 29.4 Å². The largest absolute Gasteiger partial charge is 0.493 e. The second kappa shape index (κ2) is 9.86. The summed E-state index contributed by atoms with van der Waals surface area (Å²) in [6.07, 6.45) is 0.821. The molecule has 2 aromatic rings. The molecular weight excluding hydrogens is 452 g/mol. The molecule has 0 atom stereocenters. The minimum atomic E-state index is -3.86. The fraction of sp³-hybridized carbons (Fsp3) is 0.500. The zero-order valence-corrected chi connectivity index (χ0v) is 22.0. The lowest BCUT2D eigenvalue weighted by molar-refractivity contribution is -0.127. The second-order valence-corrected chi connectivity index (χ2v) is 11.6. The molecule has 186 valence electrons. The van der Waals surface area contributed by atoms with Gasteiger partial charge in [-0.2, -0.15) is 0 Å². The molecule has 0 unspecified atom stereocenters. The highest BCUT2D eigenvalue weighted by Crippen LogP contribution is 2.39. The second-order valence-electron chi connectivity index (χ2n) is 9.92. The summed E-state index contributed by atoms with van der Waals surface area (Å²) in [6, 6.07) is 8.27. The first-order valence-electron chi connectivity index (χ1n) is 11.7. The van der Waals surface area contributed by atoms with Gasteiger partial charge in [-0.15, -0.1) is 0 Å². The molecule has 0 fully saturated rings. The highest BCUT2D eigenvalue weighted by Gasteiger charge is 2.38. The lowest BCUT2D eigenvalue weighted by atomic mass is 9.92. The molecule has 1 aliphatic rings. The van der Waals surface area contributed by atoms with E-state index in [1.54, 1.807) is 35.2 Å². The number of hydrogen-bond donors (Lipinski definition) is 1. The maximum atomic E-state index is 13.3. The highest BCUT2D eigenvalue weighted by atomic mass is 32.2. The monoisotopic (exact) mass is 488 g/mol. The number of aryl methyl sites for hydroxylation is 2. The van der Waals surface area contributed by atoms with Crippen LogP contribution >= 0.6 is 0 Å². The normalized spacial score (nSPS) is 15.5. The fourth-order valence-corrected chi connectivity index (χ4v) is 5.19. The average Bonchev–Trinajstić information content (AvgIpc) is 2.83. The van der Waals surface area contributed by atoms with E-state index in [1.807, 2.05) is 34.6 Å². The van der Waals surface area contributed by atoms with E-state index in [0.717, 1.165) is 17.5 Å². The molecule has 2 aromatic carbocycles. The van der Waals surface area contributed by atoms with Crippen LogP contribution in [0.5, 0.6) is 11.5 Å². The minimum absolute atomic E-state index is 0.0373. The molecule has 1 aliphatic heterocycles. The van der Waals surface area contributed by atoms with Gasteiger partial charge in [0.2, 0.25) is 5.91 Å². The maximum Gasteiger partial charge on any atom is 0.261 e. The number of hydrogen-bond acceptors (Lipinski definition) is 5. The van der Waals surface area contributed by atoms with Crippen molar-refractivity contribution in [3.63, 3.8) is 0 Å². The molecule has 7 nitrogen and oxygen atoms in total. The Morgan fingerprint density at radius 1 is 1.15 bits per heavy atom. The predicted molar refractivity (Wildman–Crippen MR) is 135 cm³/mol. The van der Waals surface area contributed by atoms with Crippen LogP contribution in [0.2, 0.25) is 0 Å². The third kappa shape index (κ3) is 5.49. The molecule has 0 saturated carbocycles. The minimum Gasteiger partial charge on any atom is -0.493 e. The fourth-order valence-electron chi connectivity index (χ4n) is 3.97. The molecule has 0 spiro atoms. The Morgan fingerprint density at radius 2 is 1.79 bits per heavy atom. The molecule has 0 bridgehead atoms. The Kier molecular flexibility index (Phi) is 7.50. The van der Waals surface area contributed by atoms with Gasteiger partial charge in [0.15, 0.2) is 0 Å². The Hall–Kier alpha value is -2.74. The van der Waals surface area contributed by atoms with Gasteiger partial charge in [0, 0.05) is 6.54 Å². The van der Waals surface area contributed by atoms with E-state index in [0.29, 0.717) is 41.9 Å². The summed E-state index contributed by atoms with van der Waals surface area (Å²) in [5.74, 6) is 1.64. The van der Waals surface area contributed by atoms with Crippen molar-refractivity contribution >= 4 is 27.3 Å². The topological polar surface area (TPSA) is 84.9 Å². The summed E-state index contributed by atoms with van der Waals surface area (Å²) in [5, 5.41) is 0. The van der Waals surface area contributed by atoms with Crippen molar-refractivity contribution < 1.29 is 22.7 Å². The van der Waals surface area contributed by atoms with E-state index in [9.17, 15) is 13.2 Å². The molecule has 0 aromatic heterocycles. The van der Waals surface area contributed by atoms with Gasteiger partial charge in [-0.25, -0.2) is 8.42 Å². The number of carbonyl (C=O) groups excluding carboxylic acids is 1. The Bertz CT molecular complexity index is 1150. The van der Waals surface area contributed by atoms with E-state index in [4.69, 9.17) is 9.47 Å². The third-order valence-corrected chi connectivity index (χ3v) is 7.24. The molecule has 1 heterocycles. The van der Waals surface area contributed by atoms with E-state index < -0.39 is 15.4 Å². The number of ether oxygens (including phenoxy) is 2. The Balaban J connectivity index is 1.97. The number of carbonyl (C=O) groups is 1. The average molecular weight is 489 g/mol. The van der Waals surface area contributed by atoms with Crippen LogP contribution in [0.3, 0.4) is 0 Å². The van der Waals surface area contributed by atoms with Crippen LogP contribution < -0.4 is 19.1 Å². The van der Waals surface area contributed by atoms with E-state index in [2.05, 4.69) is 18.6 Å². The van der Waals surface area contributed by atoms with Crippen molar-refractivity contribution in [2.45, 2.75) is 59.8 Å². The van der Waals surface area contributed by atoms with Crippen molar-refractivity contribution in [1.29, 1.82) is 0 Å². The summed E-state index contributed by atoms with van der Waals surface area (Å²) in [7, 11) is -3.86. The van der Waals surface area contributed by atoms with Crippen LogP contribution in [-0.4, -0.2) is 34.1 Å². The standard InChI is InChI=1S/C26H36N2O5S/c1-8-32-24-18(4)13-21(14-19(24)5)34(30,31)27-20-9-10-23-22(15-20)28(12-11-17(2)3)25(29)26(6,7)16-33-23/h9-10,13-15,17,27H,8,11-12,16H2,1-7H3. The zero-order valence-electron chi connectivity index (χ0n) is 21.2. The molecule has 0 saturated heterocycles. The zero-order chi connectivity index (χ0) is 25.3. The number of amides is 1. The lowest BCUT2D eigenvalue weighted by Crippen LogP contribution is -2.42.